The van der Waals surface area contributed by atoms with E-state index >= 15 is 0 Å². The van der Waals surface area contributed by atoms with Crippen molar-refractivity contribution in [2.24, 2.45) is 0 Å². The summed E-state index contributed by atoms with van der Waals surface area (Å²) in [6.07, 6.45) is 1.15. The van der Waals surface area contributed by atoms with Crippen molar-refractivity contribution in [2.75, 3.05) is 38.1 Å². The minimum Gasteiger partial charge on any atom is -0.369 e. The molecule has 4 rings (SSSR count). The van der Waals surface area contributed by atoms with Crippen molar-refractivity contribution in [3.63, 3.8) is 0 Å². The summed E-state index contributed by atoms with van der Waals surface area (Å²) in [5, 5.41) is 10.5. The molecule has 0 radical (unpaired) electrons. The molecule has 0 aliphatic carbocycles. The van der Waals surface area contributed by atoms with Gasteiger partial charge in [-0.3, -0.25) is 5.10 Å². The van der Waals surface area contributed by atoms with Crippen LogP contribution in [0.5, 0.6) is 0 Å². The van der Waals surface area contributed by atoms with Crippen LogP contribution in [0.2, 0.25) is 5.02 Å². The van der Waals surface area contributed by atoms with Crippen molar-refractivity contribution in [3.05, 3.63) is 28.4 Å². The molecule has 0 unspecified atom stereocenters. The van der Waals surface area contributed by atoms with Gasteiger partial charge in [0.1, 0.15) is 0 Å². The van der Waals surface area contributed by atoms with Crippen LogP contribution in [0.4, 0.5) is 5.69 Å². The van der Waals surface area contributed by atoms with Crippen LogP contribution in [0.25, 0.3) is 21.9 Å². The molecular weight excluding hydrogens is 322 g/mol. The summed E-state index contributed by atoms with van der Waals surface area (Å²) in [6.45, 7) is 8.35. The minimum atomic E-state index is 0.760. The average Bonchev–Trinajstić information content (AvgIpc) is 2.76. The van der Waals surface area contributed by atoms with Gasteiger partial charge in [0.05, 0.1) is 16.6 Å². The normalized spacial score (nSPS) is 16.9. The van der Waals surface area contributed by atoms with Crippen LogP contribution < -0.4 is 4.90 Å². The van der Waals surface area contributed by atoms with E-state index in [1.807, 2.05) is 12.1 Å². The van der Waals surface area contributed by atoms with E-state index in [0.717, 1.165) is 70.8 Å². The lowest BCUT2D eigenvalue weighted by Gasteiger charge is -2.25. The Bertz CT molecular complexity index is 917. The molecule has 2 aromatic heterocycles. The van der Waals surface area contributed by atoms with Gasteiger partial charge in [0.25, 0.3) is 0 Å². The fourth-order valence-corrected chi connectivity index (χ4v) is 3.96. The molecule has 1 aromatic carbocycles. The lowest BCUT2D eigenvalue weighted by Crippen LogP contribution is -2.29. The lowest BCUT2D eigenvalue weighted by atomic mass is 10.0. The molecule has 126 valence electrons. The van der Waals surface area contributed by atoms with E-state index in [2.05, 4.69) is 40.9 Å². The van der Waals surface area contributed by atoms with Gasteiger partial charge < -0.3 is 9.80 Å². The standard InChI is InChI=1S/C18H22ClN5/c1-11-9-13(19)10-14-16(11)20-18-15(12(2)21-22-18)17(14)24-6-4-5-23(3)7-8-24/h9-10H,4-8H2,1-3H3,(H,20,21,22). The van der Waals surface area contributed by atoms with E-state index in [4.69, 9.17) is 16.6 Å². The molecular formula is C18H22ClN5. The first-order valence-electron chi connectivity index (χ1n) is 8.42. The number of pyridine rings is 1. The Morgan fingerprint density at radius 1 is 1.12 bits per heavy atom. The van der Waals surface area contributed by atoms with Gasteiger partial charge in [-0.15, -0.1) is 0 Å². The number of aromatic nitrogens is 3. The first-order valence-corrected chi connectivity index (χ1v) is 8.80. The monoisotopic (exact) mass is 343 g/mol. The average molecular weight is 344 g/mol. The maximum absolute atomic E-state index is 6.38. The van der Waals surface area contributed by atoms with Crippen molar-refractivity contribution in [2.45, 2.75) is 20.3 Å². The highest BCUT2D eigenvalue weighted by molar-refractivity contribution is 6.32. The molecule has 0 saturated carbocycles. The number of rotatable bonds is 1. The van der Waals surface area contributed by atoms with E-state index in [-0.39, 0.29) is 0 Å². The van der Waals surface area contributed by atoms with E-state index in [9.17, 15) is 0 Å². The first-order chi connectivity index (χ1) is 11.5. The van der Waals surface area contributed by atoms with Gasteiger partial charge in [0.15, 0.2) is 5.65 Å². The molecule has 0 bridgehead atoms. The maximum atomic E-state index is 6.38. The third-order valence-corrected chi connectivity index (χ3v) is 5.16. The highest BCUT2D eigenvalue weighted by atomic mass is 35.5. The Morgan fingerprint density at radius 3 is 2.79 bits per heavy atom. The molecule has 1 aliphatic rings. The van der Waals surface area contributed by atoms with Gasteiger partial charge in [0.2, 0.25) is 0 Å². The van der Waals surface area contributed by atoms with E-state index in [1.54, 1.807) is 0 Å². The van der Waals surface area contributed by atoms with Crippen molar-refractivity contribution < 1.29 is 0 Å². The zero-order valence-corrected chi connectivity index (χ0v) is 15.1. The third kappa shape index (κ3) is 2.52. The first kappa shape index (κ1) is 15.7. The Morgan fingerprint density at radius 2 is 1.96 bits per heavy atom. The molecule has 6 heteroatoms. The number of H-pyrrole nitrogens is 1. The highest BCUT2D eigenvalue weighted by Crippen LogP contribution is 2.37. The van der Waals surface area contributed by atoms with Crippen molar-refractivity contribution >= 4 is 39.2 Å². The topological polar surface area (TPSA) is 48.0 Å². The van der Waals surface area contributed by atoms with Crippen molar-refractivity contribution in [1.82, 2.24) is 20.1 Å². The molecule has 1 fully saturated rings. The van der Waals surface area contributed by atoms with Gasteiger partial charge in [-0.25, -0.2) is 4.98 Å². The Hall–Kier alpha value is -1.85. The summed E-state index contributed by atoms with van der Waals surface area (Å²) in [5.41, 5.74) is 5.16. The molecule has 1 saturated heterocycles. The zero-order valence-electron chi connectivity index (χ0n) is 14.4. The number of aryl methyl sites for hydroxylation is 2. The lowest BCUT2D eigenvalue weighted by molar-refractivity contribution is 0.360. The second kappa shape index (κ2) is 5.90. The van der Waals surface area contributed by atoms with Crippen molar-refractivity contribution in [3.8, 4) is 0 Å². The van der Waals surface area contributed by atoms with E-state index in [1.165, 1.54) is 5.69 Å². The number of nitrogens with zero attached hydrogens (tertiary/aromatic N) is 4. The number of halogens is 1. The molecule has 5 nitrogen and oxygen atoms in total. The molecule has 0 amide bonds. The summed E-state index contributed by atoms with van der Waals surface area (Å²) >= 11 is 6.38. The van der Waals surface area contributed by atoms with Crippen LogP contribution in [-0.4, -0.2) is 53.3 Å². The molecule has 3 aromatic rings. The molecule has 0 atom stereocenters. The summed E-state index contributed by atoms with van der Waals surface area (Å²) in [7, 11) is 2.19. The van der Waals surface area contributed by atoms with E-state index < -0.39 is 0 Å². The van der Waals surface area contributed by atoms with Crippen molar-refractivity contribution in [1.29, 1.82) is 0 Å². The summed E-state index contributed by atoms with van der Waals surface area (Å²) in [6, 6.07) is 4.02. The number of anilines is 1. The van der Waals surface area contributed by atoms with E-state index in [0.29, 0.717) is 0 Å². The number of fused-ring (bicyclic) bond motifs is 2. The van der Waals surface area contributed by atoms with Gasteiger partial charge in [-0.05, 0) is 51.6 Å². The summed E-state index contributed by atoms with van der Waals surface area (Å²) in [4.78, 5) is 9.67. The SMILES string of the molecule is Cc1cc(Cl)cc2c(N3CCCN(C)CC3)c3c(C)[nH]nc3nc12. The quantitative estimate of drug-likeness (QED) is 0.734. The van der Waals surface area contributed by atoms with Crippen LogP contribution in [0.1, 0.15) is 17.7 Å². The number of benzene rings is 1. The molecule has 24 heavy (non-hydrogen) atoms. The number of aromatic amines is 1. The van der Waals surface area contributed by atoms with Gasteiger partial charge in [0, 0.05) is 35.7 Å². The second-order valence-corrected chi connectivity index (χ2v) is 7.21. The molecule has 1 aliphatic heterocycles. The Labute approximate surface area is 146 Å². The van der Waals surface area contributed by atoms with Gasteiger partial charge in [-0.1, -0.05) is 11.6 Å². The highest BCUT2D eigenvalue weighted by Gasteiger charge is 2.22. The Balaban J connectivity index is 2.03. The van der Waals surface area contributed by atoms with Crippen LogP contribution in [0, 0.1) is 13.8 Å². The molecule has 3 heterocycles. The zero-order chi connectivity index (χ0) is 16.8. The number of hydrogen-bond acceptors (Lipinski definition) is 4. The third-order valence-electron chi connectivity index (χ3n) is 4.94. The Kier molecular flexibility index (Phi) is 3.85. The smallest absolute Gasteiger partial charge is 0.183 e. The molecule has 1 N–H and O–H groups in total. The van der Waals surface area contributed by atoms with Crippen LogP contribution in [0.15, 0.2) is 12.1 Å². The largest absolute Gasteiger partial charge is 0.369 e. The molecule has 0 spiro atoms. The fourth-order valence-electron chi connectivity index (χ4n) is 3.68. The number of nitrogens with one attached hydrogen (secondary N) is 1. The summed E-state index contributed by atoms with van der Waals surface area (Å²) in [5.74, 6) is 0. The second-order valence-electron chi connectivity index (χ2n) is 6.77. The minimum absolute atomic E-state index is 0.760. The van der Waals surface area contributed by atoms with Gasteiger partial charge >= 0.3 is 0 Å². The van der Waals surface area contributed by atoms with Crippen LogP contribution in [0.3, 0.4) is 0 Å². The van der Waals surface area contributed by atoms with Crippen LogP contribution >= 0.6 is 11.6 Å². The van der Waals surface area contributed by atoms with Crippen LogP contribution in [-0.2, 0) is 0 Å². The fraction of sp³-hybridized carbons (Fsp3) is 0.444. The maximum Gasteiger partial charge on any atom is 0.183 e. The number of likely N-dealkylation sites (N-methyl/N-ethyl adjacent to an activating group) is 1. The number of hydrogen-bond donors (Lipinski definition) is 1. The predicted octanol–water partition coefficient (Wildman–Crippen LogP) is 3.52. The van der Waals surface area contributed by atoms with Gasteiger partial charge in [-0.2, -0.15) is 5.10 Å². The predicted molar refractivity (Wildman–Crippen MR) is 100 cm³/mol. The summed E-state index contributed by atoms with van der Waals surface area (Å²) < 4.78 is 0.